The summed E-state index contributed by atoms with van der Waals surface area (Å²) in [5.41, 5.74) is 1.63. The number of nitrogens with one attached hydrogen (secondary N) is 1. The van der Waals surface area contributed by atoms with E-state index in [-0.39, 0.29) is 12.3 Å². The van der Waals surface area contributed by atoms with Crippen molar-refractivity contribution in [2.45, 2.75) is 76.4 Å². The van der Waals surface area contributed by atoms with E-state index >= 15 is 0 Å². The van der Waals surface area contributed by atoms with Crippen LogP contribution in [0.3, 0.4) is 0 Å². The number of aryl methyl sites for hydroxylation is 2. The highest BCUT2D eigenvalue weighted by atomic mass is 32.2. The topological polar surface area (TPSA) is 92.2 Å². The second-order valence-corrected chi connectivity index (χ2v) is 7.92. The fourth-order valence-electron chi connectivity index (χ4n) is 3.70. The number of aromatic nitrogens is 2. The molecule has 1 aliphatic rings. The summed E-state index contributed by atoms with van der Waals surface area (Å²) in [7, 11) is 0. The van der Waals surface area contributed by atoms with Gasteiger partial charge in [-0.25, -0.2) is 14.8 Å². The molecule has 1 aliphatic carbocycles. The Kier molecular flexibility index (Phi) is 7.03. The fourth-order valence-corrected chi connectivity index (χ4v) is 4.16. The summed E-state index contributed by atoms with van der Waals surface area (Å²) in [6.07, 6.45) is 6.48. The predicted octanol–water partition coefficient (Wildman–Crippen LogP) is 3.29. The van der Waals surface area contributed by atoms with Crippen LogP contribution < -0.4 is 5.32 Å². The highest BCUT2D eigenvalue weighted by molar-refractivity contribution is 7.98. The molecule has 1 aromatic rings. The Hall–Kier alpha value is -1.63. The lowest BCUT2D eigenvalue weighted by atomic mass is 9.75. The Balaban J connectivity index is 2.00. The number of rotatable bonds is 7. The van der Waals surface area contributed by atoms with Gasteiger partial charge in [-0.15, -0.1) is 0 Å². The van der Waals surface area contributed by atoms with Gasteiger partial charge in [0.25, 0.3) is 0 Å². The Labute approximate surface area is 159 Å². The molecule has 0 atom stereocenters. The number of carboxylic acids is 1. The average molecular weight is 380 g/mol. The van der Waals surface area contributed by atoms with Crippen molar-refractivity contribution in [1.82, 2.24) is 15.3 Å². The van der Waals surface area contributed by atoms with Crippen molar-refractivity contribution in [3.63, 3.8) is 0 Å². The highest BCUT2D eigenvalue weighted by Gasteiger charge is 2.42. The molecule has 26 heavy (non-hydrogen) atoms. The summed E-state index contributed by atoms with van der Waals surface area (Å²) in [6.45, 7) is 5.98. The normalized spacial score (nSPS) is 22.8. The SMILES string of the molecule is CCC1CCC(NC(=O)CCc2c(C)nc(SC)nc2C)(C(=O)O)CC1. The molecule has 0 bridgehead atoms. The zero-order valence-electron chi connectivity index (χ0n) is 16.1. The first kappa shape index (κ1) is 20.7. The lowest BCUT2D eigenvalue weighted by molar-refractivity contribution is -0.149. The first-order valence-electron chi connectivity index (χ1n) is 9.23. The number of hydrogen-bond acceptors (Lipinski definition) is 5. The molecule has 0 saturated heterocycles. The van der Waals surface area contributed by atoms with E-state index in [1.165, 1.54) is 11.8 Å². The van der Waals surface area contributed by atoms with Crippen molar-refractivity contribution in [3.8, 4) is 0 Å². The minimum atomic E-state index is -1.11. The molecule has 1 saturated carbocycles. The van der Waals surface area contributed by atoms with Gasteiger partial charge in [0.1, 0.15) is 5.54 Å². The third kappa shape index (κ3) is 4.75. The maximum atomic E-state index is 12.5. The Morgan fingerprint density at radius 3 is 2.27 bits per heavy atom. The van der Waals surface area contributed by atoms with Crippen molar-refractivity contribution < 1.29 is 14.7 Å². The Bertz CT molecular complexity index is 647. The van der Waals surface area contributed by atoms with E-state index in [9.17, 15) is 14.7 Å². The van der Waals surface area contributed by atoms with E-state index in [4.69, 9.17) is 0 Å². The molecule has 0 radical (unpaired) electrons. The number of carbonyl (C=O) groups excluding carboxylic acids is 1. The van der Waals surface area contributed by atoms with Gasteiger partial charge in [-0.3, -0.25) is 4.79 Å². The fraction of sp³-hybridized carbons (Fsp3) is 0.684. The minimum absolute atomic E-state index is 0.213. The third-order valence-corrected chi connectivity index (χ3v) is 6.06. The Morgan fingerprint density at radius 2 is 1.81 bits per heavy atom. The Morgan fingerprint density at radius 1 is 1.23 bits per heavy atom. The van der Waals surface area contributed by atoms with Crippen LogP contribution in [0.4, 0.5) is 0 Å². The summed E-state index contributed by atoms with van der Waals surface area (Å²) >= 11 is 1.49. The van der Waals surface area contributed by atoms with Crippen LogP contribution in [0.1, 0.15) is 62.4 Å². The summed E-state index contributed by atoms with van der Waals surface area (Å²) < 4.78 is 0. The molecule has 0 aliphatic heterocycles. The average Bonchev–Trinajstić information content (AvgIpc) is 2.61. The monoisotopic (exact) mass is 379 g/mol. The maximum absolute atomic E-state index is 12.5. The van der Waals surface area contributed by atoms with Crippen molar-refractivity contribution in [3.05, 3.63) is 17.0 Å². The van der Waals surface area contributed by atoms with Gasteiger partial charge < -0.3 is 10.4 Å². The maximum Gasteiger partial charge on any atom is 0.329 e. The molecular formula is C19H29N3O3S. The molecule has 2 rings (SSSR count). The molecule has 1 aromatic heterocycles. The minimum Gasteiger partial charge on any atom is -0.480 e. The van der Waals surface area contributed by atoms with Crippen LogP contribution >= 0.6 is 11.8 Å². The smallest absolute Gasteiger partial charge is 0.329 e. The quantitative estimate of drug-likeness (QED) is 0.558. The second kappa shape index (κ2) is 8.84. The van der Waals surface area contributed by atoms with Crippen LogP contribution in [0.25, 0.3) is 0 Å². The molecule has 0 spiro atoms. The number of amides is 1. The van der Waals surface area contributed by atoms with Crippen LogP contribution in [-0.2, 0) is 16.0 Å². The predicted molar refractivity (Wildman–Crippen MR) is 102 cm³/mol. The zero-order chi connectivity index (χ0) is 19.3. The van der Waals surface area contributed by atoms with Gasteiger partial charge in [0, 0.05) is 17.8 Å². The van der Waals surface area contributed by atoms with E-state index in [1.54, 1.807) is 0 Å². The van der Waals surface area contributed by atoms with Gasteiger partial charge in [0.2, 0.25) is 5.91 Å². The first-order chi connectivity index (χ1) is 12.3. The number of aliphatic carboxylic acids is 1. The lowest BCUT2D eigenvalue weighted by Gasteiger charge is -2.37. The van der Waals surface area contributed by atoms with Crippen LogP contribution in [0.15, 0.2) is 5.16 Å². The van der Waals surface area contributed by atoms with E-state index in [0.29, 0.717) is 25.2 Å². The summed E-state index contributed by atoms with van der Waals surface area (Å²) in [4.78, 5) is 33.2. The highest BCUT2D eigenvalue weighted by Crippen LogP contribution is 2.34. The molecule has 6 nitrogen and oxygen atoms in total. The second-order valence-electron chi connectivity index (χ2n) is 7.15. The van der Waals surface area contributed by atoms with Gasteiger partial charge in [0.15, 0.2) is 5.16 Å². The molecule has 0 aromatic carbocycles. The molecule has 7 heteroatoms. The van der Waals surface area contributed by atoms with Crippen LogP contribution in [0, 0.1) is 19.8 Å². The summed E-state index contributed by atoms with van der Waals surface area (Å²) in [6, 6.07) is 0. The van der Waals surface area contributed by atoms with Crippen molar-refractivity contribution in [2.24, 2.45) is 5.92 Å². The van der Waals surface area contributed by atoms with Crippen LogP contribution in [-0.4, -0.2) is 38.7 Å². The molecule has 1 amide bonds. The number of thioether (sulfide) groups is 1. The largest absolute Gasteiger partial charge is 0.480 e. The molecule has 1 heterocycles. The lowest BCUT2D eigenvalue weighted by Crippen LogP contribution is -2.56. The molecule has 0 unspecified atom stereocenters. The summed E-state index contributed by atoms with van der Waals surface area (Å²) in [5.74, 6) is -0.563. The number of carboxylic acid groups (broad SMARTS) is 1. The number of hydrogen-bond donors (Lipinski definition) is 2. The van der Waals surface area contributed by atoms with Crippen molar-refractivity contribution in [2.75, 3.05) is 6.26 Å². The van der Waals surface area contributed by atoms with Gasteiger partial charge in [0.05, 0.1) is 0 Å². The van der Waals surface area contributed by atoms with Crippen LogP contribution in [0.2, 0.25) is 0 Å². The number of carbonyl (C=O) groups is 2. The number of nitrogens with zero attached hydrogens (tertiary/aromatic N) is 2. The molecule has 1 fully saturated rings. The standard InChI is InChI=1S/C19H29N3O3S/c1-5-14-8-10-19(11-9-14,17(24)25)22-16(23)7-6-15-12(2)20-18(26-4)21-13(15)3/h14H,5-11H2,1-4H3,(H,22,23)(H,24,25). The van der Waals surface area contributed by atoms with Gasteiger partial charge in [-0.2, -0.15) is 0 Å². The van der Waals surface area contributed by atoms with E-state index < -0.39 is 11.5 Å². The summed E-state index contributed by atoms with van der Waals surface area (Å²) in [5, 5.41) is 13.2. The molecule has 144 valence electrons. The van der Waals surface area contributed by atoms with E-state index in [1.807, 2.05) is 20.1 Å². The van der Waals surface area contributed by atoms with E-state index in [2.05, 4.69) is 22.2 Å². The van der Waals surface area contributed by atoms with Crippen LogP contribution in [0.5, 0.6) is 0 Å². The van der Waals surface area contributed by atoms with E-state index in [0.717, 1.165) is 41.4 Å². The van der Waals surface area contributed by atoms with Gasteiger partial charge in [-0.05, 0) is 63.7 Å². The van der Waals surface area contributed by atoms with Gasteiger partial charge in [-0.1, -0.05) is 25.1 Å². The van der Waals surface area contributed by atoms with Crippen molar-refractivity contribution in [1.29, 1.82) is 0 Å². The van der Waals surface area contributed by atoms with Gasteiger partial charge >= 0.3 is 5.97 Å². The first-order valence-corrected chi connectivity index (χ1v) is 10.5. The zero-order valence-corrected chi connectivity index (χ0v) is 16.9. The van der Waals surface area contributed by atoms with Crippen molar-refractivity contribution >= 4 is 23.6 Å². The molecular weight excluding hydrogens is 350 g/mol. The molecule has 2 N–H and O–H groups in total. The third-order valence-electron chi connectivity index (χ3n) is 5.51.